The minimum atomic E-state index is -0.573. The van der Waals surface area contributed by atoms with Gasteiger partial charge in [-0.1, -0.05) is 0 Å². The summed E-state index contributed by atoms with van der Waals surface area (Å²) in [5.41, 5.74) is -0.485. The maximum absolute atomic E-state index is 13.5. The van der Waals surface area contributed by atoms with E-state index in [1.165, 1.54) is 4.90 Å². The molecule has 0 aliphatic carbocycles. The molecule has 1 aromatic carbocycles. The van der Waals surface area contributed by atoms with Crippen molar-refractivity contribution in [3.05, 3.63) is 35.4 Å². The monoisotopic (exact) mass is 355 g/mol. The zero-order valence-corrected chi connectivity index (χ0v) is 14.6. The third-order valence-corrected chi connectivity index (χ3v) is 3.66. The molecule has 0 bridgehead atoms. The van der Waals surface area contributed by atoms with Crippen molar-refractivity contribution in [1.29, 1.82) is 0 Å². The Labute approximate surface area is 145 Å². The quantitative estimate of drug-likeness (QED) is 0.887. The Morgan fingerprint density at radius 2 is 1.72 bits per heavy atom. The molecule has 1 fully saturated rings. The molecule has 1 N–H and O–H groups in total. The maximum Gasteiger partial charge on any atom is 0.410 e. The van der Waals surface area contributed by atoms with Gasteiger partial charge in [-0.05, 0) is 39.0 Å². The molecular formula is C17H23F2N3O3. The Kier molecular flexibility index (Phi) is 5.81. The first-order valence-electron chi connectivity index (χ1n) is 8.10. The number of urea groups is 1. The van der Waals surface area contributed by atoms with Crippen LogP contribution in [0.5, 0.6) is 0 Å². The van der Waals surface area contributed by atoms with Crippen LogP contribution in [-0.4, -0.2) is 53.7 Å². The summed E-state index contributed by atoms with van der Waals surface area (Å²) in [6, 6.07) is 2.72. The second-order valence-electron chi connectivity index (χ2n) is 6.85. The number of hydrogen-bond donors (Lipinski definition) is 1. The summed E-state index contributed by atoms with van der Waals surface area (Å²) in [6.45, 7) is 6.68. The van der Waals surface area contributed by atoms with Crippen molar-refractivity contribution in [2.45, 2.75) is 32.9 Å². The number of nitrogens with zero attached hydrogens (tertiary/aromatic N) is 2. The Morgan fingerprint density at radius 3 is 2.32 bits per heavy atom. The zero-order valence-electron chi connectivity index (χ0n) is 14.6. The molecule has 0 saturated carbocycles. The molecule has 1 aliphatic rings. The van der Waals surface area contributed by atoms with Crippen molar-refractivity contribution in [2.75, 3.05) is 26.2 Å². The number of hydrogen-bond acceptors (Lipinski definition) is 3. The second-order valence-corrected chi connectivity index (χ2v) is 6.85. The molecule has 1 saturated heterocycles. The van der Waals surface area contributed by atoms with Gasteiger partial charge in [0, 0.05) is 38.3 Å². The molecule has 25 heavy (non-hydrogen) atoms. The molecule has 1 aliphatic heterocycles. The van der Waals surface area contributed by atoms with Crippen LogP contribution in [0.15, 0.2) is 18.2 Å². The first-order valence-corrected chi connectivity index (χ1v) is 8.10. The van der Waals surface area contributed by atoms with Crippen molar-refractivity contribution in [1.82, 2.24) is 15.1 Å². The number of carbonyl (C=O) groups excluding carboxylic acids is 2. The van der Waals surface area contributed by atoms with E-state index in [1.807, 2.05) is 0 Å². The molecule has 0 spiro atoms. The van der Waals surface area contributed by atoms with Crippen LogP contribution in [0.3, 0.4) is 0 Å². The average molecular weight is 355 g/mol. The lowest BCUT2D eigenvalue weighted by Crippen LogP contribution is -2.53. The van der Waals surface area contributed by atoms with Crippen LogP contribution in [0, 0.1) is 11.6 Å². The zero-order chi connectivity index (χ0) is 18.6. The highest BCUT2D eigenvalue weighted by Crippen LogP contribution is 2.12. The number of carbonyl (C=O) groups is 2. The second kappa shape index (κ2) is 7.67. The largest absolute Gasteiger partial charge is 0.444 e. The van der Waals surface area contributed by atoms with E-state index in [0.717, 1.165) is 18.2 Å². The van der Waals surface area contributed by atoms with Gasteiger partial charge in [0.25, 0.3) is 0 Å². The number of ether oxygens (including phenoxy) is 1. The number of rotatable bonds is 2. The number of halogens is 2. The van der Waals surface area contributed by atoms with E-state index in [-0.39, 0.29) is 18.1 Å². The Bertz CT molecular complexity index is 639. The van der Waals surface area contributed by atoms with Crippen LogP contribution >= 0.6 is 0 Å². The van der Waals surface area contributed by atoms with Gasteiger partial charge in [0.1, 0.15) is 17.2 Å². The lowest BCUT2D eigenvalue weighted by atomic mass is 10.2. The third kappa shape index (κ3) is 5.58. The molecule has 138 valence electrons. The van der Waals surface area contributed by atoms with Gasteiger partial charge in [-0.3, -0.25) is 0 Å². The number of nitrogens with one attached hydrogen (secondary N) is 1. The van der Waals surface area contributed by atoms with Crippen molar-refractivity contribution in [2.24, 2.45) is 0 Å². The lowest BCUT2D eigenvalue weighted by Gasteiger charge is -2.35. The molecule has 1 aromatic rings. The fourth-order valence-electron chi connectivity index (χ4n) is 2.38. The van der Waals surface area contributed by atoms with E-state index >= 15 is 0 Å². The van der Waals surface area contributed by atoms with Crippen molar-refractivity contribution in [3.63, 3.8) is 0 Å². The van der Waals surface area contributed by atoms with Gasteiger partial charge in [-0.2, -0.15) is 0 Å². The highest BCUT2D eigenvalue weighted by molar-refractivity contribution is 5.75. The predicted octanol–water partition coefficient (Wildman–Crippen LogP) is 2.73. The van der Waals surface area contributed by atoms with Crippen molar-refractivity contribution in [3.8, 4) is 0 Å². The summed E-state index contributed by atoms with van der Waals surface area (Å²) in [5, 5.41) is 2.56. The minimum Gasteiger partial charge on any atom is -0.444 e. The summed E-state index contributed by atoms with van der Waals surface area (Å²) in [4.78, 5) is 27.2. The van der Waals surface area contributed by atoms with Crippen LogP contribution < -0.4 is 5.32 Å². The maximum atomic E-state index is 13.5. The molecule has 0 aromatic heterocycles. The summed E-state index contributed by atoms with van der Waals surface area (Å²) >= 11 is 0. The summed E-state index contributed by atoms with van der Waals surface area (Å²) in [7, 11) is 0. The molecular weight excluding hydrogens is 332 g/mol. The highest BCUT2D eigenvalue weighted by atomic mass is 19.1. The SMILES string of the molecule is CC(C)(C)OC(=O)N1CCN(C(=O)NCc2cc(F)ccc2F)CC1. The van der Waals surface area contributed by atoms with Gasteiger partial charge >= 0.3 is 12.1 Å². The Morgan fingerprint density at radius 1 is 1.12 bits per heavy atom. The molecule has 0 radical (unpaired) electrons. The smallest absolute Gasteiger partial charge is 0.410 e. The number of benzene rings is 1. The third-order valence-electron chi connectivity index (χ3n) is 3.66. The first-order chi connectivity index (χ1) is 11.7. The number of amides is 3. The summed E-state index contributed by atoms with van der Waals surface area (Å²) in [5.74, 6) is -1.13. The molecule has 0 atom stereocenters. The van der Waals surface area contributed by atoms with Crippen LogP contribution in [-0.2, 0) is 11.3 Å². The lowest BCUT2D eigenvalue weighted by molar-refractivity contribution is 0.0170. The van der Waals surface area contributed by atoms with E-state index in [1.54, 1.807) is 25.7 Å². The number of piperazine rings is 1. The summed E-state index contributed by atoms with van der Waals surface area (Å²) < 4.78 is 32.0. The van der Waals surface area contributed by atoms with E-state index in [2.05, 4.69) is 5.32 Å². The highest BCUT2D eigenvalue weighted by Gasteiger charge is 2.27. The van der Waals surface area contributed by atoms with Crippen LogP contribution in [0.2, 0.25) is 0 Å². The fraction of sp³-hybridized carbons (Fsp3) is 0.529. The van der Waals surface area contributed by atoms with Gasteiger partial charge in [0.2, 0.25) is 0 Å². The minimum absolute atomic E-state index is 0.0840. The van der Waals surface area contributed by atoms with E-state index in [9.17, 15) is 18.4 Å². The average Bonchev–Trinajstić information content (AvgIpc) is 2.54. The van der Waals surface area contributed by atoms with Crippen molar-refractivity contribution < 1.29 is 23.1 Å². The van der Waals surface area contributed by atoms with Crippen LogP contribution in [0.4, 0.5) is 18.4 Å². The van der Waals surface area contributed by atoms with E-state index < -0.39 is 23.3 Å². The van der Waals surface area contributed by atoms with Gasteiger partial charge in [0.05, 0.1) is 0 Å². The van der Waals surface area contributed by atoms with Crippen LogP contribution in [0.1, 0.15) is 26.3 Å². The molecule has 0 unspecified atom stereocenters. The van der Waals surface area contributed by atoms with E-state index in [0.29, 0.717) is 26.2 Å². The molecule has 3 amide bonds. The van der Waals surface area contributed by atoms with Crippen molar-refractivity contribution >= 4 is 12.1 Å². The van der Waals surface area contributed by atoms with Crippen LogP contribution in [0.25, 0.3) is 0 Å². The Hall–Kier alpha value is -2.38. The fourth-order valence-corrected chi connectivity index (χ4v) is 2.38. The standard InChI is InChI=1S/C17H23F2N3O3/c1-17(2,3)25-16(24)22-8-6-21(7-9-22)15(23)20-11-12-10-13(18)4-5-14(12)19/h4-5,10H,6-9,11H2,1-3H3,(H,20,23). The molecule has 8 heteroatoms. The summed E-state index contributed by atoms with van der Waals surface area (Å²) in [6.07, 6.45) is -0.408. The topological polar surface area (TPSA) is 61.9 Å². The Balaban J connectivity index is 1.81. The van der Waals surface area contributed by atoms with E-state index in [4.69, 9.17) is 4.74 Å². The first kappa shape index (κ1) is 19.0. The predicted molar refractivity (Wildman–Crippen MR) is 88.0 cm³/mol. The molecule has 6 nitrogen and oxygen atoms in total. The molecule has 1 heterocycles. The van der Waals surface area contributed by atoms with Gasteiger partial charge in [-0.15, -0.1) is 0 Å². The van der Waals surface area contributed by atoms with Gasteiger partial charge < -0.3 is 19.9 Å². The normalized spacial score (nSPS) is 15.1. The van der Waals surface area contributed by atoms with Gasteiger partial charge in [-0.25, -0.2) is 18.4 Å². The van der Waals surface area contributed by atoms with Gasteiger partial charge in [0.15, 0.2) is 0 Å². The molecule has 2 rings (SSSR count).